The number of ether oxygens (including phenoxy) is 1. The molecular weight excluding hydrogens is 352 g/mol. The fourth-order valence-electron chi connectivity index (χ4n) is 3.80. The van der Waals surface area contributed by atoms with Crippen LogP contribution in [0.15, 0.2) is 24.3 Å². The van der Waals surface area contributed by atoms with Gasteiger partial charge in [-0.1, -0.05) is 6.92 Å². The SMILES string of the molecule is CCCOc1ccc(C(=O)CCC(=O)NC2CC3CCC(C2)N3)cc1.Cl. The number of carbonyl (C=O) groups excluding carboxylic acids is 2. The van der Waals surface area contributed by atoms with Crippen molar-refractivity contribution in [1.29, 1.82) is 0 Å². The standard InChI is InChI=1S/C20H28N2O3.ClH/c1-2-11-25-18-7-3-14(4-8-18)19(23)9-10-20(24)22-17-12-15-5-6-16(13-17)21-15;/h3-4,7-8,15-17,21H,2,5-6,9-13H2,1H3,(H,22,24);1H. The molecule has 2 saturated heterocycles. The molecule has 1 aromatic carbocycles. The molecule has 0 spiro atoms. The van der Waals surface area contributed by atoms with Gasteiger partial charge in [-0.25, -0.2) is 0 Å². The van der Waals surface area contributed by atoms with Crippen molar-refractivity contribution in [3.8, 4) is 5.75 Å². The van der Waals surface area contributed by atoms with Crippen LogP contribution in [-0.2, 0) is 4.79 Å². The average Bonchev–Trinajstić information content (AvgIpc) is 2.96. The van der Waals surface area contributed by atoms with Crippen LogP contribution in [0.4, 0.5) is 0 Å². The van der Waals surface area contributed by atoms with E-state index >= 15 is 0 Å². The third kappa shape index (κ3) is 5.71. The second kappa shape index (κ2) is 9.93. The third-order valence-electron chi connectivity index (χ3n) is 5.07. The molecule has 26 heavy (non-hydrogen) atoms. The summed E-state index contributed by atoms with van der Waals surface area (Å²) in [6.45, 7) is 2.73. The van der Waals surface area contributed by atoms with Crippen molar-refractivity contribution in [3.05, 3.63) is 29.8 Å². The molecule has 0 saturated carbocycles. The summed E-state index contributed by atoms with van der Waals surface area (Å²) in [7, 11) is 0. The molecule has 2 atom stereocenters. The number of amides is 1. The van der Waals surface area contributed by atoms with Crippen molar-refractivity contribution >= 4 is 24.1 Å². The van der Waals surface area contributed by atoms with E-state index in [1.807, 2.05) is 12.1 Å². The Morgan fingerprint density at radius 2 is 1.77 bits per heavy atom. The summed E-state index contributed by atoms with van der Waals surface area (Å²) in [5.74, 6) is 0.766. The van der Waals surface area contributed by atoms with E-state index in [0.29, 0.717) is 24.3 Å². The Labute approximate surface area is 161 Å². The molecule has 2 aliphatic rings. The molecule has 1 amide bonds. The van der Waals surface area contributed by atoms with Crippen LogP contribution in [-0.4, -0.2) is 36.4 Å². The Balaban J connectivity index is 0.00000243. The number of Topliss-reactive ketones (excluding diaryl/α,β-unsaturated/α-hetero) is 1. The maximum Gasteiger partial charge on any atom is 0.220 e. The molecule has 5 nitrogen and oxygen atoms in total. The van der Waals surface area contributed by atoms with Crippen LogP contribution < -0.4 is 15.4 Å². The van der Waals surface area contributed by atoms with E-state index in [1.165, 1.54) is 12.8 Å². The van der Waals surface area contributed by atoms with Gasteiger partial charge in [0.25, 0.3) is 0 Å². The van der Waals surface area contributed by atoms with Gasteiger partial charge in [-0.3, -0.25) is 9.59 Å². The maximum atomic E-state index is 12.2. The largest absolute Gasteiger partial charge is 0.494 e. The zero-order valence-electron chi connectivity index (χ0n) is 15.3. The molecule has 2 N–H and O–H groups in total. The van der Waals surface area contributed by atoms with Gasteiger partial charge in [0.2, 0.25) is 5.91 Å². The zero-order valence-corrected chi connectivity index (χ0v) is 16.1. The molecule has 0 aromatic heterocycles. The fourth-order valence-corrected chi connectivity index (χ4v) is 3.80. The Kier molecular flexibility index (Phi) is 7.91. The summed E-state index contributed by atoms with van der Waals surface area (Å²) in [4.78, 5) is 24.4. The minimum Gasteiger partial charge on any atom is -0.494 e. The van der Waals surface area contributed by atoms with Crippen LogP contribution in [0, 0.1) is 0 Å². The minimum atomic E-state index is -0.0115. The van der Waals surface area contributed by atoms with Crippen molar-refractivity contribution in [2.45, 2.75) is 70.0 Å². The van der Waals surface area contributed by atoms with Crippen LogP contribution in [0.25, 0.3) is 0 Å². The Morgan fingerprint density at radius 3 is 2.38 bits per heavy atom. The minimum absolute atomic E-state index is 0. The summed E-state index contributed by atoms with van der Waals surface area (Å²) >= 11 is 0. The van der Waals surface area contributed by atoms with Gasteiger partial charge < -0.3 is 15.4 Å². The van der Waals surface area contributed by atoms with Crippen LogP contribution >= 0.6 is 12.4 Å². The van der Waals surface area contributed by atoms with Crippen molar-refractivity contribution in [2.75, 3.05) is 6.61 Å². The van der Waals surface area contributed by atoms with E-state index < -0.39 is 0 Å². The van der Waals surface area contributed by atoms with Gasteiger partial charge in [-0.2, -0.15) is 0 Å². The van der Waals surface area contributed by atoms with Gasteiger partial charge in [0, 0.05) is 36.5 Å². The number of fused-ring (bicyclic) bond motifs is 2. The highest BCUT2D eigenvalue weighted by Gasteiger charge is 2.33. The molecule has 2 fully saturated rings. The molecule has 2 unspecified atom stereocenters. The number of halogens is 1. The van der Waals surface area contributed by atoms with Crippen molar-refractivity contribution < 1.29 is 14.3 Å². The molecule has 144 valence electrons. The lowest BCUT2D eigenvalue weighted by Crippen LogP contribution is -2.48. The monoisotopic (exact) mass is 380 g/mol. The number of carbonyl (C=O) groups is 2. The van der Waals surface area contributed by atoms with Gasteiger partial charge in [0.05, 0.1) is 6.61 Å². The quantitative estimate of drug-likeness (QED) is 0.679. The molecule has 2 bridgehead atoms. The Bertz CT molecular complexity index is 594. The topological polar surface area (TPSA) is 67.4 Å². The number of piperidine rings is 1. The molecule has 0 aliphatic carbocycles. The van der Waals surface area contributed by atoms with Crippen LogP contribution in [0.5, 0.6) is 5.75 Å². The van der Waals surface area contributed by atoms with Crippen LogP contribution in [0.1, 0.15) is 62.2 Å². The second-order valence-electron chi connectivity index (χ2n) is 7.17. The van der Waals surface area contributed by atoms with E-state index in [2.05, 4.69) is 17.6 Å². The third-order valence-corrected chi connectivity index (χ3v) is 5.07. The number of nitrogens with one attached hydrogen (secondary N) is 2. The van der Waals surface area contributed by atoms with E-state index in [9.17, 15) is 9.59 Å². The summed E-state index contributed by atoms with van der Waals surface area (Å²) in [6, 6.07) is 8.54. The average molecular weight is 381 g/mol. The number of hydrogen-bond acceptors (Lipinski definition) is 4. The molecule has 2 heterocycles. The zero-order chi connectivity index (χ0) is 17.6. The van der Waals surface area contributed by atoms with Crippen LogP contribution in [0.2, 0.25) is 0 Å². The highest BCUT2D eigenvalue weighted by molar-refractivity contribution is 5.98. The predicted octanol–water partition coefficient (Wildman–Crippen LogP) is 3.26. The first kappa shape index (κ1) is 20.7. The lowest BCUT2D eigenvalue weighted by atomic mass is 9.99. The normalized spacial score (nSPS) is 23.8. The van der Waals surface area contributed by atoms with Gasteiger partial charge in [-0.05, 0) is 56.4 Å². The predicted molar refractivity (Wildman–Crippen MR) is 104 cm³/mol. The van der Waals surface area contributed by atoms with E-state index in [0.717, 1.165) is 25.0 Å². The van der Waals surface area contributed by atoms with E-state index in [-0.39, 0.29) is 43.0 Å². The molecule has 1 aromatic rings. The number of hydrogen-bond donors (Lipinski definition) is 2. The second-order valence-corrected chi connectivity index (χ2v) is 7.17. The van der Waals surface area contributed by atoms with Gasteiger partial charge >= 0.3 is 0 Å². The van der Waals surface area contributed by atoms with E-state index in [1.54, 1.807) is 12.1 Å². The number of benzene rings is 1. The highest BCUT2D eigenvalue weighted by Crippen LogP contribution is 2.26. The summed E-state index contributed by atoms with van der Waals surface area (Å²) < 4.78 is 5.51. The summed E-state index contributed by atoms with van der Waals surface area (Å²) in [5, 5.41) is 6.67. The molecule has 3 rings (SSSR count). The fraction of sp³-hybridized carbons (Fsp3) is 0.600. The lowest BCUT2D eigenvalue weighted by molar-refractivity contribution is -0.122. The summed E-state index contributed by atoms with van der Waals surface area (Å²) in [6.07, 6.45) is 5.91. The van der Waals surface area contributed by atoms with Gasteiger partial charge in [0.15, 0.2) is 5.78 Å². The number of rotatable bonds is 8. The lowest BCUT2D eigenvalue weighted by Gasteiger charge is -2.29. The van der Waals surface area contributed by atoms with Gasteiger partial charge in [-0.15, -0.1) is 12.4 Å². The Hall–Kier alpha value is -1.59. The Morgan fingerprint density at radius 1 is 1.12 bits per heavy atom. The molecular formula is C20H29ClN2O3. The molecule has 0 radical (unpaired) electrons. The highest BCUT2D eigenvalue weighted by atomic mass is 35.5. The summed E-state index contributed by atoms with van der Waals surface area (Å²) in [5.41, 5.74) is 0.636. The first-order valence-corrected chi connectivity index (χ1v) is 9.45. The first-order valence-electron chi connectivity index (χ1n) is 9.45. The smallest absolute Gasteiger partial charge is 0.220 e. The maximum absolute atomic E-state index is 12.2. The van der Waals surface area contributed by atoms with Crippen molar-refractivity contribution in [1.82, 2.24) is 10.6 Å². The van der Waals surface area contributed by atoms with Crippen LogP contribution in [0.3, 0.4) is 0 Å². The first-order chi connectivity index (χ1) is 12.1. The number of ketones is 1. The van der Waals surface area contributed by atoms with Crippen molar-refractivity contribution in [3.63, 3.8) is 0 Å². The van der Waals surface area contributed by atoms with Gasteiger partial charge in [0.1, 0.15) is 5.75 Å². The molecule has 2 aliphatic heterocycles. The van der Waals surface area contributed by atoms with Crippen molar-refractivity contribution in [2.24, 2.45) is 0 Å². The molecule has 6 heteroatoms. The van der Waals surface area contributed by atoms with E-state index in [4.69, 9.17) is 4.74 Å².